The molecule has 0 radical (unpaired) electrons. The molecule has 1 aromatic rings. The number of phenols is 1. The summed E-state index contributed by atoms with van der Waals surface area (Å²) in [7, 11) is 0. The quantitative estimate of drug-likeness (QED) is 0.403. The van der Waals surface area contributed by atoms with Crippen molar-refractivity contribution >= 4 is 11.9 Å². The third-order valence-corrected chi connectivity index (χ3v) is 6.18. The lowest BCUT2D eigenvalue weighted by atomic mass is 9.86. The molecule has 3 N–H and O–H groups in total. The standard InChI is InChI=1S/C23H34O5/c1-22(2,20(25)26)12-7-5-8-17-10-11-19(24)16-18(17)9-4-3-6-13-23(14-15-23)21(27)28/h10-11,16,24H,3-9,12-15H2,1-2H3,(H,25,26)(H,27,28). The number of phenolic OH excluding ortho intramolecular Hbond substituents is 1. The third kappa shape index (κ3) is 6.25. The summed E-state index contributed by atoms with van der Waals surface area (Å²) in [5.41, 5.74) is 1.25. The SMILES string of the molecule is CC(C)(CCCCc1ccc(O)cc1CCCCCC1(C(=O)O)CC1)C(=O)O. The van der Waals surface area contributed by atoms with Crippen molar-refractivity contribution in [3.63, 3.8) is 0 Å². The number of hydrogen-bond acceptors (Lipinski definition) is 3. The van der Waals surface area contributed by atoms with E-state index < -0.39 is 22.8 Å². The summed E-state index contributed by atoms with van der Waals surface area (Å²) in [5.74, 6) is -1.13. The molecule has 156 valence electrons. The molecule has 2 rings (SSSR count). The Morgan fingerprint density at radius 3 is 2.21 bits per heavy atom. The van der Waals surface area contributed by atoms with Crippen molar-refractivity contribution in [1.82, 2.24) is 0 Å². The highest BCUT2D eigenvalue weighted by atomic mass is 16.4. The number of hydrogen-bond donors (Lipinski definition) is 3. The summed E-state index contributed by atoms with van der Waals surface area (Å²) in [4.78, 5) is 22.4. The average Bonchev–Trinajstić information content (AvgIpc) is 3.41. The Morgan fingerprint density at radius 2 is 1.61 bits per heavy atom. The number of aliphatic carboxylic acids is 2. The third-order valence-electron chi connectivity index (χ3n) is 6.18. The van der Waals surface area contributed by atoms with Crippen LogP contribution in [0.2, 0.25) is 0 Å². The van der Waals surface area contributed by atoms with E-state index in [1.54, 1.807) is 19.9 Å². The second kappa shape index (κ2) is 9.44. The van der Waals surface area contributed by atoms with Crippen LogP contribution in [-0.2, 0) is 22.4 Å². The van der Waals surface area contributed by atoms with E-state index >= 15 is 0 Å². The van der Waals surface area contributed by atoms with Crippen LogP contribution in [0.1, 0.15) is 82.8 Å². The summed E-state index contributed by atoms with van der Waals surface area (Å²) < 4.78 is 0. The molecule has 0 aromatic heterocycles. The first-order valence-corrected chi connectivity index (χ1v) is 10.4. The van der Waals surface area contributed by atoms with Gasteiger partial charge in [0.2, 0.25) is 0 Å². The zero-order valence-corrected chi connectivity index (χ0v) is 17.2. The minimum atomic E-state index is -0.756. The van der Waals surface area contributed by atoms with Gasteiger partial charge in [0.15, 0.2) is 0 Å². The first-order chi connectivity index (χ1) is 13.2. The van der Waals surface area contributed by atoms with Crippen molar-refractivity contribution in [1.29, 1.82) is 0 Å². The highest BCUT2D eigenvalue weighted by Crippen LogP contribution is 2.50. The molecule has 0 amide bonds. The van der Waals surface area contributed by atoms with Crippen LogP contribution in [0.4, 0.5) is 0 Å². The molecule has 0 spiro atoms. The topological polar surface area (TPSA) is 94.8 Å². The van der Waals surface area contributed by atoms with Crippen molar-refractivity contribution < 1.29 is 24.9 Å². The van der Waals surface area contributed by atoms with Crippen molar-refractivity contribution in [2.24, 2.45) is 10.8 Å². The summed E-state index contributed by atoms with van der Waals surface area (Å²) in [6.45, 7) is 3.52. The Kier molecular flexibility index (Phi) is 7.50. The Bertz CT molecular complexity index is 688. The normalized spacial score (nSPS) is 15.4. The van der Waals surface area contributed by atoms with Gasteiger partial charge in [-0.25, -0.2) is 0 Å². The second-order valence-electron chi connectivity index (χ2n) is 9.00. The fourth-order valence-electron chi connectivity index (χ4n) is 3.76. The lowest BCUT2D eigenvalue weighted by molar-refractivity contribution is -0.147. The molecule has 1 fully saturated rings. The number of rotatable bonds is 13. The molecule has 5 nitrogen and oxygen atoms in total. The molecule has 1 aliphatic rings. The van der Waals surface area contributed by atoms with Gasteiger partial charge in [-0.3, -0.25) is 9.59 Å². The van der Waals surface area contributed by atoms with E-state index in [1.165, 1.54) is 5.56 Å². The Hall–Kier alpha value is -2.04. The number of carboxylic acid groups (broad SMARTS) is 2. The average molecular weight is 391 g/mol. The van der Waals surface area contributed by atoms with Crippen LogP contribution in [0, 0.1) is 10.8 Å². The molecule has 28 heavy (non-hydrogen) atoms. The van der Waals surface area contributed by atoms with E-state index in [0.29, 0.717) is 6.42 Å². The highest BCUT2D eigenvalue weighted by molar-refractivity contribution is 5.77. The van der Waals surface area contributed by atoms with Gasteiger partial charge in [-0.15, -0.1) is 0 Å². The number of aromatic hydroxyl groups is 1. The van der Waals surface area contributed by atoms with Gasteiger partial charge in [-0.05, 0) is 88.5 Å². The van der Waals surface area contributed by atoms with Crippen molar-refractivity contribution in [2.75, 3.05) is 0 Å². The molecule has 0 unspecified atom stereocenters. The number of unbranched alkanes of at least 4 members (excludes halogenated alkanes) is 3. The van der Waals surface area contributed by atoms with Crippen molar-refractivity contribution in [3.8, 4) is 5.75 Å². The molecule has 0 heterocycles. The summed E-state index contributed by atoms with van der Waals surface area (Å²) in [5, 5.41) is 28.3. The van der Waals surface area contributed by atoms with E-state index in [4.69, 9.17) is 0 Å². The molecular weight excluding hydrogens is 356 g/mol. The summed E-state index contributed by atoms with van der Waals surface area (Å²) >= 11 is 0. The monoisotopic (exact) mass is 390 g/mol. The van der Waals surface area contributed by atoms with Gasteiger partial charge < -0.3 is 15.3 Å². The van der Waals surface area contributed by atoms with Crippen LogP contribution in [0.25, 0.3) is 0 Å². The number of carboxylic acids is 2. The fourth-order valence-corrected chi connectivity index (χ4v) is 3.76. The zero-order chi connectivity index (χ0) is 20.8. The van der Waals surface area contributed by atoms with Gasteiger partial charge in [-0.1, -0.05) is 25.3 Å². The van der Waals surface area contributed by atoms with Gasteiger partial charge in [0.05, 0.1) is 10.8 Å². The maximum Gasteiger partial charge on any atom is 0.309 e. The van der Waals surface area contributed by atoms with Gasteiger partial charge in [0.1, 0.15) is 5.75 Å². The van der Waals surface area contributed by atoms with E-state index in [0.717, 1.165) is 69.8 Å². The number of aryl methyl sites for hydroxylation is 2. The van der Waals surface area contributed by atoms with Crippen LogP contribution in [-0.4, -0.2) is 27.3 Å². The van der Waals surface area contributed by atoms with Crippen LogP contribution < -0.4 is 0 Å². The molecular formula is C23H34O5. The predicted octanol–water partition coefficient (Wildman–Crippen LogP) is 5.18. The highest BCUT2D eigenvalue weighted by Gasteiger charge is 2.49. The van der Waals surface area contributed by atoms with Gasteiger partial charge in [0, 0.05) is 0 Å². The van der Waals surface area contributed by atoms with Gasteiger partial charge >= 0.3 is 11.9 Å². The Morgan fingerprint density at radius 1 is 0.964 bits per heavy atom. The second-order valence-corrected chi connectivity index (χ2v) is 9.00. The molecule has 5 heteroatoms. The first kappa shape index (κ1) is 22.3. The maximum atomic E-state index is 11.2. The number of benzene rings is 1. The van der Waals surface area contributed by atoms with E-state index in [1.807, 2.05) is 12.1 Å². The van der Waals surface area contributed by atoms with Gasteiger partial charge in [-0.2, -0.15) is 0 Å². The first-order valence-electron chi connectivity index (χ1n) is 10.4. The molecule has 0 bridgehead atoms. The van der Waals surface area contributed by atoms with Crippen molar-refractivity contribution in [3.05, 3.63) is 29.3 Å². The molecule has 0 atom stereocenters. The smallest absolute Gasteiger partial charge is 0.309 e. The lowest BCUT2D eigenvalue weighted by Gasteiger charge is -2.18. The number of carbonyl (C=O) groups is 2. The molecule has 1 saturated carbocycles. The van der Waals surface area contributed by atoms with Crippen LogP contribution in [0.15, 0.2) is 18.2 Å². The molecule has 0 saturated heterocycles. The van der Waals surface area contributed by atoms with E-state index in [-0.39, 0.29) is 5.75 Å². The zero-order valence-electron chi connectivity index (χ0n) is 17.2. The van der Waals surface area contributed by atoms with Gasteiger partial charge in [0.25, 0.3) is 0 Å². The molecule has 0 aliphatic heterocycles. The van der Waals surface area contributed by atoms with E-state index in [2.05, 4.69) is 0 Å². The Labute approximate surface area is 167 Å². The van der Waals surface area contributed by atoms with Crippen LogP contribution in [0.5, 0.6) is 5.75 Å². The largest absolute Gasteiger partial charge is 0.508 e. The Balaban J connectivity index is 1.76. The predicted molar refractivity (Wildman–Crippen MR) is 109 cm³/mol. The maximum absolute atomic E-state index is 11.2. The van der Waals surface area contributed by atoms with Crippen LogP contribution >= 0.6 is 0 Å². The summed E-state index contributed by atoms with van der Waals surface area (Å²) in [6, 6.07) is 5.51. The lowest BCUT2D eigenvalue weighted by Crippen LogP contribution is -2.23. The van der Waals surface area contributed by atoms with E-state index in [9.17, 15) is 24.9 Å². The molecule has 1 aliphatic carbocycles. The molecule has 1 aromatic carbocycles. The van der Waals surface area contributed by atoms with Crippen LogP contribution in [0.3, 0.4) is 0 Å². The van der Waals surface area contributed by atoms with Crippen molar-refractivity contribution in [2.45, 2.75) is 84.5 Å². The summed E-state index contributed by atoms with van der Waals surface area (Å²) in [6.07, 6.45) is 9.52. The minimum absolute atomic E-state index is 0.272. The fraction of sp³-hybridized carbons (Fsp3) is 0.652. The minimum Gasteiger partial charge on any atom is -0.508 e.